The Bertz CT molecular complexity index is 1410. The monoisotopic (exact) mass is 496 g/mol. The van der Waals surface area contributed by atoms with E-state index in [1.54, 1.807) is 0 Å². The molecule has 7 rings (SSSR count). The molecule has 1 atom stereocenters. The first kappa shape index (κ1) is 22.7. The average Bonchev–Trinajstić information content (AvgIpc) is 3.82. The number of amidine groups is 1. The molecule has 2 amide bonds. The normalized spacial score (nSPS) is 22.4. The zero-order valence-corrected chi connectivity index (χ0v) is 20.9. The summed E-state index contributed by atoms with van der Waals surface area (Å²) in [5.41, 5.74) is 4.82. The number of nitrogens with zero attached hydrogens (tertiary/aromatic N) is 3. The van der Waals surface area contributed by atoms with Gasteiger partial charge in [-0.25, -0.2) is 0 Å². The van der Waals surface area contributed by atoms with Crippen molar-refractivity contribution in [1.82, 2.24) is 14.8 Å². The predicted molar refractivity (Wildman–Crippen MR) is 142 cm³/mol. The highest BCUT2D eigenvalue weighted by atomic mass is 16.3. The van der Waals surface area contributed by atoms with Gasteiger partial charge in [-0.1, -0.05) is 30.3 Å². The summed E-state index contributed by atoms with van der Waals surface area (Å²) < 4.78 is 0. The third-order valence-electron chi connectivity index (χ3n) is 8.53. The van der Waals surface area contributed by atoms with E-state index in [-0.39, 0.29) is 18.4 Å². The lowest BCUT2D eigenvalue weighted by molar-refractivity contribution is -0.131. The number of nitrogens with one attached hydrogen (secondary N) is 1. The van der Waals surface area contributed by atoms with E-state index in [2.05, 4.69) is 47.4 Å². The van der Waals surface area contributed by atoms with Gasteiger partial charge < -0.3 is 15.0 Å². The fourth-order valence-electron chi connectivity index (χ4n) is 6.02. The number of rotatable bonds is 7. The number of aliphatic hydroxyl groups excluding tert-OH is 1. The van der Waals surface area contributed by atoms with Gasteiger partial charge in [0.1, 0.15) is 11.4 Å². The van der Waals surface area contributed by atoms with Crippen LogP contribution in [0.1, 0.15) is 43.2 Å². The van der Waals surface area contributed by atoms with Gasteiger partial charge >= 0.3 is 0 Å². The molecule has 2 N–H and O–H groups in total. The van der Waals surface area contributed by atoms with E-state index in [0.717, 1.165) is 84.2 Å². The Morgan fingerprint density at radius 2 is 1.81 bits per heavy atom. The van der Waals surface area contributed by atoms with E-state index in [9.17, 15) is 14.7 Å². The Hall–Kier alpha value is -3.45. The number of carbonyl (C=O) groups excluding carboxylic acids is 2. The topological polar surface area (TPSA) is 89.0 Å². The number of benzene rings is 2. The summed E-state index contributed by atoms with van der Waals surface area (Å²) >= 11 is 0. The molecule has 3 aromatic rings. The van der Waals surface area contributed by atoms with Crippen molar-refractivity contribution >= 4 is 28.6 Å². The van der Waals surface area contributed by atoms with Crippen molar-refractivity contribution < 1.29 is 14.7 Å². The minimum absolute atomic E-state index is 0.125. The molecule has 4 aliphatic rings. The van der Waals surface area contributed by atoms with E-state index in [4.69, 9.17) is 4.99 Å². The lowest BCUT2D eigenvalue weighted by atomic mass is 10.00. The molecular weight excluding hydrogens is 464 g/mol. The standard InChI is InChI=1S/C30H32N4O3/c35-14-10-24-16-31-26-8-7-23(15-25(24)26)20-1-3-21(4-2-20)27-32-30(11-12-30)29(37)34(27)18-19-9-13-33(17-19)28(36)22-5-6-22/h1-4,7-8,15-16,19,22,31,35H,5-6,9-14,17-18H2. The van der Waals surface area contributed by atoms with Crippen molar-refractivity contribution in [2.24, 2.45) is 16.8 Å². The zero-order chi connectivity index (χ0) is 25.1. The number of fused-ring (bicyclic) bond motifs is 1. The molecule has 37 heavy (non-hydrogen) atoms. The summed E-state index contributed by atoms with van der Waals surface area (Å²) in [4.78, 5) is 38.0. The lowest BCUT2D eigenvalue weighted by Gasteiger charge is -2.23. The van der Waals surface area contributed by atoms with Gasteiger partial charge in [-0.05, 0) is 73.3 Å². The largest absolute Gasteiger partial charge is 0.396 e. The number of amides is 2. The SMILES string of the molecule is O=C(C1CC1)N1CCC(CN2C(=O)C3(CC3)N=C2c2ccc(-c3ccc4[nH]cc(CCO)c4c3)cc2)C1. The van der Waals surface area contributed by atoms with Crippen molar-refractivity contribution in [3.63, 3.8) is 0 Å². The molecule has 2 aliphatic heterocycles. The molecule has 7 nitrogen and oxygen atoms in total. The number of H-pyrrole nitrogens is 1. The first-order valence-electron chi connectivity index (χ1n) is 13.6. The highest BCUT2D eigenvalue weighted by Gasteiger charge is 2.57. The quantitative estimate of drug-likeness (QED) is 0.522. The van der Waals surface area contributed by atoms with Crippen molar-refractivity contribution in [2.45, 2.75) is 44.1 Å². The van der Waals surface area contributed by atoms with Crippen LogP contribution in [0, 0.1) is 11.8 Å². The van der Waals surface area contributed by atoms with Crippen LogP contribution in [0.15, 0.2) is 53.7 Å². The van der Waals surface area contributed by atoms with Gasteiger partial charge in [0, 0.05) is 54.8 Å². The van der Waals surface area contributed by atoms with Gasteiger partial charge in [-0.2, -0.15) is 0 Å². The van der Waals surface area contributed by atoms with E-state index in [0.29, 0.717) is 24.8 Å². The number of hydrogen-bond acceptors (Lipinski definition) is 4. The highest BCUT2D eigenvalue weighted by Crippen LogP contribution is 2.46. The van der Waals surface area contributed by atoms with Crippen molar-refractivity contribution in [2.75, 3.05) is 26.2 Å². The molecule has 3 heterocycles. The Morgan fingerprint density at radius 3 is 2.54 bits per heavy atom. The van der Waals surface area contributed by atoms with Gasteiger partial charge in [0.2, 0.25) is 5.91 Å². The minimum atomic E-state index is -0.543. The third kappa shape index (κ3) is 3.96. The molecule has 1 aromatic heterocycles. The Balaban J connectivity index is 1.12. The van der Waals surface area contributed by atoms with Crippen LogP contribution >= 0.6 is 0 Å². The van der Waals surface area contributed by atoms with E-state index in [1.165, 1.54) is 0 Å². The fourth-order valence-corrected chi connectivity index (χ4v) is 6.02. The number of aromatic nitrogens is 1. The fraction of sp³-hybridized carbons (Fsp3) is 0.433. The molecule has 1 spiro atoms. The molecule has 3 fully saturated rings. The molecule has 2 aromatic carbocycles. The first-order chi connectivity index (χ1) is 18.0. The maximum absolute atomic E-state index is 13.4. The van der Waals surface area contributed by atoms with Crippen LogP contribution in [0.3, 0.4) is 0 Å². The lowest BCUT2D eigenvalue weighted by Crippen LogP contribution is -2.40. The molecule has 2 aliphatic carbocycles. The number of aliphatic hydroxyl groups is 1. The second kappa shape index (κ2) is 8.55. The van der Waals surface area contributed by atoms with Gasteiger partial charge in [0.25, 0.3) is 5.91 Å². The molecule has 190 valence electrons. The molecule has 1 unspecified atom stereocenters. The molecular formula is C30H32N4O3. The van der Waals surface area contributed by atoms with Crippen LogP contribution in [0.4, 0.5) is 0 Å². The summed E-state index contributed by atoms with van der Waals surface area (Å²) in [6.07, 6.45) is 7.26. The van der Waals surface area contributed by atoms with Crippen LogP contribution < -0.4 is 0 Å². The number of aromatic amines is 1. The van der Waals surface area contributed by atoms with Crippen LogP contribution in [0.25, 0.3) is 22.0 Å². The van der Waals surface area contributed by atoms with Crippen molar-refractivity contribution in [1.29, 1.82) is 0 Å². The van der Waals surface area contributed by atoms with Gasteiger partial charge in [-0.15, -0.1) is 0 Å². The van der Waals surface area contributed by atoms with Crippen molar-refractivity contribution in [3.05, 3.63) is 59.8 Å². The smallest absolute Gasteiger partial charge is 0.256 e. The summed E-state index contributed by atoms with van der Waals surface area (Å²) in [6.45, 7) is 2.31. The highest BCUT2D eigenvalue weighted by molar-refractivity contribution is 6.16. The summed E-state index contributed by atoms with van der Waals surface area (Å²) in [6, 6.07) is 14.7. The Kier molecular flexibility index (Phi) is 5.25. The number of aliphatic imine (C=N–C) groups is 1. The number of carbonyl (C=O) groups is 2. The Morgan fingerprint density at radius 1 is 1.05 bits per heavy atom. The average molecular weight is 497 g/mol. The van der Waals surface area contributed by atoms with Gasteiger partial charge in [-0.3, -0.25) is 19.5 Å². The predicted octanol–water partition coefficient (Wildman–Crippen LogP) is 3.75. The Labute approximate surface area is 216 Å². The molecule has 0 radical (unpaired) electrons. The van der Waals surface area contributed by atoms with E-state index in [1.807, 2.05) is 16.0 Å². The van der Waals surface area contributed by atoms with E-state index < -0.39 is 5.54 Å². The minimum Gasteiger partial charge on any atom is -0.396 e. The molecule has 2 saturated carbocycles. The van der Waals surface area contributed by atoms with Gasteiger partial charge in [0.15, 0.2) is 0 Å². The van der Waals surface area contributed by atoms with Crippen LogP contribution in [-0.2, 0) is 16.0 Å². The molecule has 1 saturated heterocycles. The third-order valence-corrected chi connectivity index (χ3v) is 8.53. The van der Waals surface area contributed by atoms with Crippen LogP contribution in [-0.4, -0.2) is 69.3 Å². The van der Waals surface area contributed by atoms with Gasteiger partial charge in [0.05, 0.1) is 0 Å². The summed E-state index contributed by atoms with van der Waals surface area (Å²) in [5.74, 6) is 1.77. The second-order valence-corrected chi connectivity index (χ2v) is 11.2. The summed E-state index contributed by atoms with van der Waals surface area (Å²) in [7, 11) is 0. The van der Waals surface area contributed by atoms with Crippen LogP contribution in [0.5, 0.6) is 0 Å². The molecule has 7 heteroatoms. The number of likely N-dealkylation sites (tertiary alicyclic amines) is 1. The number of hydrogen-bond donors (Lipinski definition) is 2. The summed E-state index contributed by atoms with van der Waals surface area (Å²) in [5, 5.41) is 10.5. The maximum atomic E-state index is 13.4. The van der Waals surface area contributed by atoms with E-state index >= 15 is 0 Å². The zero-order valence-electron chi connectivity index (χ0n) is 20.9. The van der Waals surface area contributed by atoms with Crippen molar-refractivity contribution in [3.8, 4) is 11.1 Å². The molecule has 0 bridgehead atoms. The first-order valence-corrected chi connectivity index (χ1v) is 13.6. The van der Waals surface area contributed by atoms with Crippen LogP contribution in [0.2, 0.25) is 0 Å². The second-order valence-electron chi connectivity index (χ2n) is 11.2. The maximum Gasteiger partial charge on any atom is 0.256 e.